The molecule has 28 heavy (non-hydrogen) atoms. The van der Waals surface area contributed by atoms with Crippen LogP contribution in [0.1, 0.15) is 52.0 Å². The maximum absolute atomic E-state index is 13.3. The molecule has 1 spiro atoms. The summed E-state index contributed by atoms with van der Waals surface area (Å²) >= 11 is 0. The number of amides is 4. The molecule has 2 atom stereocenters. The lowest BCUT2D eigenvalue weighted by molar-refractivity contribution is -0.134. The number of urea groups is 1. The van der Waals surface area contributed by atoms with Gasteiger partial charge in [0.25, 0.3) is 5.91 Å². The van der Waals surface area contributed by atoms with E-state index in [4.69, 9.17) is 4.74 Å². The average molecular weight is 387 g/mol. The first kappa shape index (κ1) is 20.2. The van der Waals surface area contributed by atoms with Gasteiger partial charge in [-0.15, -0.1) is 0 Å². The number of carbonyl (C=O) groups is 3. The van der Waals surface area contributed by atoms with E-state index in [2.05, 4.69) is 10.6 Å². The lowest BCUT2D eigenvalue weighted by Gasteiger charge is -2.39. The summed E-state index contributed by atoms with van der Waals surface area (Å²) in [7, 11) is 0. The maximum atomic E-state index is 13.3. The van der Waals surface area contributed by atoms with Crippen LogP contribution >= 0.6 is 0 Å². The number of carbonyl (C=O) groups excluding carboxylic acids is 3. The molecule has 7 heteroatoms. The molecular weight excluding hydrogens is 358 g/mol. The fourth-order valence-corrected chi connectivity index (χ4v) is 4.04. The standard InChI is InChI=1S/C21H29N3O4/c1-20(2,3)28-19(27)22-13-16-11-7-8-12-21(16)17(25)24(18(26)23-21)14-15-9-5-4-6-10-15/h4-6,9-10,16H,7-8,11-14H2,1-3H3,(H,22,27)(H,23,26)/t16-,21-/m0/s1. The van der Waals surface area contributed by atoms with Crippen molar-refractivity contribution in [1.29, 1.82) is 0 Å². The molecule has 2 fully saturated rings. The number of imide groups is 1. The molecule has 152 valence electrons. The van der Waals surface area contributed by atoms with E-state index in [1.807, 2.05) is 30.3 Å². The van der Waals surface area contributed by atoms with E-state index in [-0.39, 0.29) is 24.4 Å². The van der Waals surface area contributed by atoms with Crippen LogP contribution in [0.3, 0.4) is 0 Å². The van der Waals surface area contributed by atoms with Crippen molar-refractivity contribution in [3.63, 3.8) is 0 Å². The number of nitrogens with zero attached hydrogens (tertiary/aromatic N) is 1. The van der Waals surface area contributed by atoms with Gasteiger partial charge in [-0.25, -0.2) is 9.59 Å². The first-order chi connectivity index (χ1) is 13.2. The molecule has 7 nitrogen and oxygen atoms in total. The molecule has 3 rings (SSSR count). The zero-order chi connectivity index (χ0) is 20.4. The first-order valence-electron chi connectivity index (χ1n) is 9.86. The summed E-state index contributed by atoms with van der Waals surface area (Å²) in [4.78, 5) is 39.2. The number of hydrogen-bond acceptors (Lipinski definition) is 4. The van der Waals surface area contributed by atoms with E-state index in [0.29, 0.717) is 13.0 Å². The molecular formula is C21H29N3O4. The number of alkyl carbamates (subject to hydrolysis) is 1. The van der Waals surface area contributed by atoms with Gasteiger partial charge in [0.15, 0.2) is 0 Å². The Morgan fingerprint density at radius 1 is 1.25 bits per heavy atom. The number of benzene rings is 1. The minimum atomic E-state index is -0.945. The largest absolute Gasteiger partial charge is 0.444 e. The lowest BCUT2D eigenvalue weighted by Crippen LogP contribution is -2.57. The highest BCUT2D eigenvalue weighted by atomic mass is 16.6. The highest BCUT2D eigenvalue weighted by Gasteiger charge is 2.56. The predicted molar refractivity (Wildman–Crippen MR) is 104 cm³/mol. The van der Waals surface area contributed by atoms with Gasteiger partial charge in [-0.2, -0.15) is 0 Å². The van der Waals surface area contributed by atoms with Crippen LogP contribution in [0.5, 0.6) is 0 Å². The topological polar surface area (TPSA) is 87.7 Å². The van der Waals surface area contributed by atoms with Gasteiger partial charge in [-0.3, -0.25) is 9.69 Å². The number of ether oxygens (including phenoxy) is 1. The monoisotopic (exact) mass is 387 g/mol. The number of rotatable bonds is 4. The van der Waals surface area contributed by atoms with Gasteiger partial charge in [0.05, 0.1) is 6.54 Å². The number of hydrogen-bond donors (Lipinski definition) is 2. The quantitative estimate of drug-likeness (QED) is 0.777. The van der Waals surface area contributed by atoms with Crippen LogP contribution in [0.2, 0.25) is 0 Å². The van der Waals surface area contributed by atoms with Crippen molar-refractivity contribution in [2.24, 2.45) is 5.92 Å². The Bertz CT molecular complexity index is 744. The fraction of sp³-hybridized carbons (Fsp3) is 0.571. The minimum absolute atomic E-state index is 0.161. The Hall–Kier alpha value is -2.57. The molecule has 1 saturated heterocycles. The van der Waals surface area contributed by atoms with Gasteiger partial charge in [-0.05, 0) is 39.2 Å². The van der Waals surface area contributed by atoms with Crippen LogP contribution in [-0.2, 0) is 16.1 Å². The molecule has 1 heterocycles. The molecule has 1 aromatic carbocycles. The Labute approximate surface area is 165 Å². The molecule has 1 aliphatic carbocycles. The van der Waals surface area contributed by atoms with Crippen molar-refractivity contribution in [3.05, 3.63) is 35.9 Å². The zero-order valence-corrected chi connectivity index (χ0v) is 16.8. The molecule has 4 amide bonds. The van der Waals surface area contributed by atoms with Crippen LogP contribution in [0.4, 0.5) is 9.59 Å². The summed E-state index contributed by atoms with van der Waals surface area (Å²) in [6, 6.07) is 9.10. The molecule has 2 aliphatic rings. The second-order valence-electron chi connectivity index (χ2n) is 8.60. The molecule has 0 bridgehead atoms. The third-order valence-corrected chi connectivity index (χ3v) is 5.35. The van der Waals surface area contributed by atoms with Crippen LogP contribution in [-0.4, -0.2) is 40.6 Å². The Morgan fingerprint density at radius 3 is 2.64 bits per heavy atom. The number of nitrogens with one attached hydrogen (secondary N) is 2. The smallest absolute Gasteiger partial charge is 0.407 e. The molecule has 0 aromatic heterocycles. The summed E-state index contributed by atoms with van der Waals surface area (Å²) in [5, 5.41) is 5.73. The molecule has 2 N–H and O–H groups in total. The molecule has 1 saturated carbocycles. The highest BCUT2D eigenvalue weighted by Crippen LogP contribution is 2.38. The lowest BCUT2D eigenvalue weighted by atomic mass is 9.72. The van der Waals surface area contributed by atoms with Crippen molar-refractivity contribution in [3.8, 4) is 0 Å². The van der Waals surface area contributed by atoms with Crippen molar-refractivity contribution < 1.29 is 19.1 Å². The van der Waals surface area contributed by atoms with Crippen molar-refractivity contribution in [1.82, 2.24) is 15.5 Å². The van der Waals surface area contributed by atoms with Crippen LogP contribution in [0, 0.1) is 5.92 Å². The molecule has 0 unspecified atom stereocenters. The van der Waals surface area contributed by atoms with E-state index in [1.54, 1.807) is 20.8 Å². The Kier molecular flexibility index (Phi) is 5.63. The minimum Gasteiger partial charge on any atom is -0.444 e. The van der Waals surface area contributed by atoms with E-state index in [0.717, 1.165) is 24.8 Å². The van der Waals surface area contributed by atoms with Crippen molar-refractivity contribution in [2.45, 2.75) is 64.1 Å². The van der Waals surface area contributed by atoms with Crippen LogP contribution < -0.4 is 10.6 Å². The van der Waals surface area contributed by atoms with Crippen molar-refractivity contribution in [2.75, 3.05) is 6.54 Å². The third-order valence-electron chi connectivity index (χ3n) is 5.35. The predicted octanol–water partition coefficient (Wildman–Crippen LogP) is 3.19. The van der Waals surface area contributed by atoms with E-state index >= 15 is 0 Å². The summed E-state index contributed by atoms with van der Waals surface area (Å²) in [5.41, 5.74) is -0.626. The third kappa shape index (κ3) is 4.29. The van der Waals surface area contributed by atoms with E-state index in [1.165, 1.54) is 4.90 Å². The normalized spacial score (nSPS) is 25.0. The highest BCUT2D eigenvalue weighted by molar-refractivity contribution is 6.07. The summed E-state index contributed by atoms with van der Waals surface area (Å²) in [6.45, 7) is 5.95. The average Bonchev–Trinajstić information content (AvgIpc) is 2.85. The summed E-state index contributed by atoms with van der Waals surface area (Å²) in [6.07, 6.45) is 2.68. The SMILES string of the molecule is CC(C)(C)OC(=O)NC[C@@H]1CCCC[C@]12NC(=O)N(Cc1ccccc1)C2=O. The van der Waals surface area contributed by atoms with E-state index in [9.17, 15) is 14.4 Å². The fourth-order valence-electron chi connectivity index (χ4n) is 4.04. The first-order valence-corrected chi connectivity index (χ1v) is 9.86. The van der Waals surface area contributed by atoms with E-state index < -0.39 is 17.2 Å². The maximum Gasteiger partial charge on any atom is 0.407 e. The second-order valence-corrected chi connectivity index (χ2v) is 8.60. The van der Waals surface area contributed by atoms with Crippen LogP contribution in [0.15, 0.2) is 30.3 Å². The molecule has 1 aliphatic heterocycles. The zero-order valence-electron chi connectivity index (χ0n) is 16.8. The van der Waals surface area contributed by atoms with Crippen LogP contribution in [0.25, 0.3) is 0 Å². The Morgan fingerprint density at radius 2 is 1.96 bits per heavy atom. The van der Waals surface area contributed by atoms with Gasteiger partial charge < -0.3 is 15.4 Å². The molecule has 0 radical (unpaired) electrons. The van der Waals surface area contributed by atoms with Crippen molar-refractivity contribution >= 4 is 18.0 Å². The van der Waals surface area contributed by atoms with Gasteiger partial charge in [-0.1, -0.05) is 43.2 Å². The second kappa shape index (κ2) is 7.81. The van der Waals surface area contributed by atoms with Gasteiger partial charge >= 0.3 is 12.1 Å². The summed E-state index contributed by atoms with van der Waals surface area (Å²) in [5.74, 6) is -0.358. The van der Waals surface area contributed by atoms with Gasteiger partial charge in [0.1, 0.15) is 11.1 Å². The summed E-state index contributed by atoms with van der Waals surface area (Å²) < 4.78 is 5.30. The van der Waals surface area contributed by atoms with Gasteiger partial charge in [0.2, 0.25) is 0 Å². The van der Waals surface area contributed by atoms with Gasteiger partial charge in [0, 0.05) is 12.5 Å². The Balaban J connectivity index is 1.71. The molecule has 1 aromatic rings.